The van der Waals surface area contributed by atoms with Gasteiger partial charge in [0.25, 0.3) is 0 Å². The van der Waals surface area contributed by atoms with Gasteiger partial charge in [-0.1, -0.05) is 13.8 Å². The van der Waals surface area contributed by atoms with Gasteiger partial charge < -0.3 is 14.9 Å². The highest BCUT2D eigenvalue weighted by Gasteiger charge is 2.17. The first kappa shape index (κ1) is 10.9. The van der Waals surface area contributed by atoms with E-state index in [-0.39, 0.29) is 12.5 Å². The lowest BCUT2D eigenvalue weighted by molar-refractivity contribution is -0.159. The molecular weight excluding hydrogens is 144 g/mol. The van der Waals surface area contributed by atoms with Crippen molar-refractivity contribution in [2.75, 3.05) is 6.61 Å². The van der Waals surface area contributed by atoms with Crippen LogP contribution in [0.15, 0.2) is 0 Å². The summed E-state index contributed by atoms with van der Waals surface area (Å²) in [5.74, 6) is 0.0670. The Kier molecular flexibility index (Phi) is 4.00. The van der Waals surface area contributed by atoms with Gasteiger partial charge in [0.15, 0.2) is 6.29 Å². The minimum atomic E-state index is -0.865. The van der Waals surface area contributed by atoms with Crippen molar-refractivity contribution in [2.24, 2.45) is 5.92 Å². The molecule has 0 heterocycles. The van der Waals surface area contributed by atoms with Crippen molar-refractivity contribution in [3.05, 3.63) is 0 Å². The molecule has 0 spiro atoms. The zero-order chi connectivity index (χ0) is 9.07. The van der Waals surface area contributed by atoms with Crippen LogP contribution in [0.1, 0.15) is 27.7 Å². The van der Waals surface area contributed by atoms with Gasteiger partial charge in [0.1, 0.15) is 0 Å². The van der Waals surface area contributed by atoms with Crippen molar-refractivity contribution in [2.45, 2.75) is 39.6 Å². The van der Waals surface area contributed by atoms with Crippen LogP contribution in [0.25, 0.3) is 0 Å². The maximum atomic E-state index is 9.21. The molecule has 1 atom stereocenters. The Morgan fingerprint density at radius 2 is 1.82 bits per heavy atom. The molecule has 2 N–H and O–H groups in total. The van der Waals surface area contributed by atoms with Crippen LogP contribution >= 0.6 is 0 Å². The third-order valence-electron chi connectivity index (χ3n) is 1.18. The van der Waals surface area contributed by atoms with Gasteiger partial charge in [-0.3, -0.25) is 0 Å². The van der Waals surface area contributed by atoms with Gasteiger partial charge in [0, 0.05) is 5.92 Å². The van der Waals surface area contributed by atoms with Gasteiger partial charge in [-0.05, 0) is 13.8 Å². The van der Waals surface area contributed by atoms with E-state index in [1.54, 1.807) is 13.8 Å². The Balaban J connectivity index is 3.54. The summed E-state index contributed by atoms with van der Waals surface area (Å²) in [7, 11) is 0. The minimum Gasteiger partial charge on any atom is -0.388 e. The fourth-order valence-corrected chi connectivity index (χ4v) is 0.482. The van der Waals surface area contributed by atoms with E-state index in [1.807, 2.05) is 13.8 Å². The summed E-state index contributed by atoms with van der Waals surface area (Å²) in [6, 6.07) is 0. The zero-order valence-corrected chi connectivity index (χ0v) is 7.66. The maximum absolute atomic E-state index is 9.21. The van der Waals surface area contributed by atoms with Crippen LogP contribution in [0.2, 0.25) is 0 Å². The lowest BCUT2D eigenvalue weighted by Gasteiger charge is -2.21. The van der Waals surface area contributed by atoms with Gasteiger partial charge >= 0.3 is 0 Å². The normalized spacial score (nSPS) is 15.5. The Labute approximate surface area is 68.0 Å². The fraction of sp³-hybridized carbons (Fsp3) is 1.00. The summed E-state index contributed by atoms with van der Waals surface area (Å²) < 4.78 is 4.97. The fourth-order valence-electron chi connectivity index (χ4n) is 0.482. The molecule has 0 rings (SSSR count). The Bertz CT molecular complexity index is 104. The predicted molar refractivity (Wildman–Crippen MR) is 43.1 cm³/mol. The van der Waals surface area contributed by atoms with E-state index in [0.717, 1.165) is 0 Å². The Hall–Kier alpha value is -0.120. The molecule has 0 amide bonds. The predicted octanol–water partition coefficient (Wildman–Crippen LogP) is 0.748. The second-order valence-electron chi connectivity index (χ2n) is 3.76. The highest BCUT2D eigenvalue weighted by molar-refractivity contribution is 4.63. The number of hydrogen-bond acceptors (Lipinski definition) is 3. The molecule has 0 radical (unpaired) electrons. The first-order chi connectivity index (χ1) is 4.83. The highest BCUT2D eigenvalue weighted by Crippen LogP contribution is 2.07. The van der Waals surface area contributed by atoms with Gasteiger partial charge in [-0.2, -0.15) is 0 Å². The third kappa shape index (κ3) is 6.28. The van der Waals surface area contributed by atoms with E-state index in [9.17, 15) is 5.11 Å². The van der Waals surface area contributed by atoms with Crippen molar-refractivity contribution in [3.8, 4) is 0 Å². The summed E-state index contributed by atoms with van der Waals surface area (Å²) in [6.07, 6.45) is -0.776. The first-order valence-electron chi connectivity index (χ1n) is 3.85. The molecule has 0 saturated carbocycles. The average Bonchev–Trinajstić information content (AvgIpc) is 1.80. The summed E-state index contributed by atoms with van der Waals surface area (Å²) in [6.45, 7) is 7.15. The molecule has 0 aliphatic carbocycles. The lowest BCUT2D eigenvalue weighted by Crippen LogP contribution is -2.31. The van der Waals surface area contributed by atoms with Gasteiger partial charge in [0.2, 0.25) is 0 Å². The van der Waals surface area contributed by atoms with Crippen molar-refractivity contribution in [1.29, 1.82) is 0 Å². The summed E-state index contributed by atoms with van der Waals surface area (Å²) in [5.41, 5.74) is -0.865. The quantitative estimate of drug-likeness (QED) is 0.600. The number of rotatable bonds is 4. The molecule has 0 aromatic carbocycles. The van der Waals surface area contributed by atoms with Crippen molar-refractivity contribution in [3.63, 3.8) is 0 Å². The Morgan fingerprint density at radius 1 is 1.36 bits per heavy atom. The van der Waals surface area contributed by atoms with Gasteiger partial charge in [-0.25, -0.2) is 0 Å². The van der Waals surface area contributed by atoms with E-state index in [2.05, 4.69) is 0 Å². The number of aliphatic hydroxyl groups excluding tert-OH is 1. The number of aliphatic hydroxyl groups is 2. The molecule has 0 bridgehead atoms. The van der Waals surface area contributed by atoms with Crippen molar-refractivity contribution < 1.29 is 14.9 Å². The van der Waals surface area contributed by atoms with Crippen LogP contribution in [-0.2, 0) is 4.74 Å². The van der Waals surface area contributed by atoms with Crippen LogP contribution in [-0.4, -0.2) is 28.7 Å². The number of ether oxygens (including phenoxy) is 1. The summed E-state index contributed by atoms with van der Waals surface area (Å²) in [5, 5.41) is 18.4. The van der Waals surface area contributed by atoms with E-state index in [4.69, 9.17) is 9.84 Å². The second kappa shape index (κ2) is 4.04. The molecule has 0 aromatic heterocycles. The van der Waals surface area contributed by atoms with E-state index in [0.29, 0.717) is 0 Å². The third-order valence-corrected chi connectivity index (χ3v) is 1.18. The molecule has 0 aliphatic rings. The summed E-state index contributed by atoms with van der Waals surface area (Å²) in [4.78, 5) is 0. The van der Waals surface area contributed by atoms with Crippen molar-refractivity contribution >= 4 is 0 Å². The molecule has 0 aromatic rings. The molecule has 3 heteroatoms. The smallest absolute Gasteiger partial charge is 0.156 e. The van der Waals surface area contributed by atoms with Crippen LogP contribution in [0.3, 0.4) is 0 Å². The Morgan fingerprint density at radius 3 is 2.09 bits per heavy atom. The molecule has 3 nitrogen and oxygen atoms in total. The van der Waals surface area contributed by atoms with Crippen LogP contribution in [0.4, 0.5) is 0 Å². The van der Waals surface area contributed by atoms with Gasteiger partial charge in [-0.15, -0.1) is 0 Å². The molecule has 0 saturated heterocycles. The average molecular weight is 162 g/mol. The molecule has 68 valence electrons. The number of hydrogen-bond donors (Lipinski definition) is 2. The zero-order valence-electron chi connectivity index (χ0n) is 7.66. The van der Waals surface area contributed by atoms with Crippen LogP contribution in [0, 0.1) is 5.92 Å². The van der Waals surface area contributed by atoms with Crippen LogP contribution < -0.4 is 0 Å². The standard InChI is InChI=1S/C8H18O3/c1-6(2)7(9)11-5-8(3,4)10/h6-7,9-10H,5H2,1-4H3/t7-/m1/s1. The molecule has 0 fully saturated rings. The molecular formula is C8H18O3. The SMILES string of the molecule is CC(C)[C@H](O)OCC(C)(C)O. The molecule has 11 heavy (non-hydrogen) atoms. The summed E-state index contributed by atoms with van der Waals surface area (Å²) >= 11 is 0. The van der Waals surface area contributed by atoms with Crippen LogP contribution in [0.5, 0.6) is 0 Å². The molecule has 0 unspecified atom stereocenters. The maximum Gasteiger partial charge on any atom is 0.156 e. The highest BCUT2D eigenvalue weighted by atomic mass is 16.6. The lowest BCUT2D eigenvalue weighted by atomic mass is 10.1. The van der Waals surface area contributed by atoms with Gasteiger partial charge in [0.05, 0.1) is 12.2 Å². The largest absolute Gasteiger partial charge is 0.388 e. The van der Waals surface area contributed by atoms with E-state index in [1.165, 1.54) is 0 Å². The molecule has 0 aliphatic heterocycles. The van der Waals surface area contributed by atoms with Crippen molar-refractivity contribution in [1.82, 2.24) is 0 Å². The van der Waals surface area contributed by atoms with E-state index >= 15 is 0 Å². The minimum absolute atomic E-state index is 0.0670. The topological polar surface area (TPSA) is 49.7 Å². The second-order valence-corrected chi connectivity index (χ2v) is 3.76. The first-order valence-corrected chi connectivity index (χ1v) is 3.85. The van der Waals surface area contributed by atoms with E-state index < -0.39 is 11.9 Å². The monoisotopic (exact) mass is 162 g/mol.